The number of nitrogens with two attached hydrogens (primary N) is 1. The zero-order valence-electron chi connectivity index (χ0n) is 8.86. The third-order valence-corrected chi connectivity index (χ3v) is 2.90. The van der Waals surface area contributed by atoms with Crippen LogP contribution >= 0.6 is 0 Å². The van der Waals surface area contributed by atoms with Crippen molar-refractivity contribution in [3.8, 4) is 0 Å². The number of benzene rings is 1. The molecule has 0 bridgehead atoms. The number of anilines is 1. The topological polar surface area (TPSA) is 55.1 Å². The molecular weight excluding hydrogens is 188 g/mol. The van der Waals surface area contributed by atoms with E-state index in [2.05, 4.69) is 11.4 Å². The SMILES string of the molecule is CC(=O)Nc1ccccc1[C@@H]1C[C@H]1CN. The van der Waals surface area contributed by atoms with Gasteiger partial charge in [-0.25, -0.2) is 0 Å². The molecule has 0 aliphatic heterocycles. The van der Waals surface area contributed by atoms with E-state index in [1.165, 1.54) is 12.5 Å². The van der Waals surface area contributed by atoms with Crippen LogP contribution in [0.2, 0.25) is 0 Å². The lowest BCUT2D eigenvalue weighted by Gasteiger charge is -2.08. The zero-order valence-corrected chi connectivity index (χ0v) is 8.86. The largest absolute Gasteiger partial charge is 0.330 e. The first-order valence-electron chi connectivity index (χ1n) is 5.29. The maximum atomic E-state index is 11.0. The standard InChI is InChI=1S/C12H16N2O/c1-8(15)14-12-5-3-2-4-10(12)11-6-9(11)7-13/h2-5,9,11H,6-7,13H2,1H3,(H,14,15)/t9-,11+/m0/s1. The first-order valence-corrected chi connectivity index (χ1v) is 5.29. The normalized spacial score (nSPS) is 23.6. The Bertz CT molecular complexity index is 376. The van der Waals surface area contributed by atoms with Crippen molar-refractivity contribution in [2.75, 3.05) is 11.9 Å². The first kappa shape index (κ1) is 10.2. The van der Waals surface area contributed by atoms with Gasteiger partial charge in [0.15, 0.2) is 0 Å². The highest BCUT2D eigenvalue weighted by Crippen LogP contribution is 2.48. The Hall–Kier alpha value is -1.35. The lowest BCUT2D eigenvalue weighted by atomic mass is 10.1. The molecular formula is C12H16N2O. The van der Waals surface area contributed by atoms with Crippen LogP contribution in [-0.2, 0) is 4.79 Å². The van der Waals surface area contributed by atoms with Crippen molar-refractivity contribution in [2.24, 2.45) is 11.7 Å². The Morgan fingerprint density at radius 2 is 2.27 bits per heavy atom. The van der Waals surface area contributed by atoms with Crippen LogP contribution in [0.3, 0.4) is 0 Å². The molecule has 0 aromatic heterocycles. The van der Waals surface area contributed by atoms with Crippen LogP contribution in [0, 0.1) is 5.92 Å². The summed E-state index contributed by atoms with van der Waals surface area (Å²) >= 11 is 0. The number of nitrogens with one attached hydrogen (secondary N) is 1. The Labute approximate surface area is 89.7 Å². The maximum absolute atomic E-state index is 11.0. The molecule has 1 amide bonds. The summed E-state index contributed by atoms with van der Waals surface area (Å²) in [5.41, 5.74) is 7.79. The quantitative estimate of drug-likeness (QED) is 0.787. The highest BCUT2D eigenvalue weighted by atomic mass is 16.1. The van der Waals surface area contributed by atoms with Gasteiger partial charge in [0.2, 0.25) is 5.91 Å². The molecule has 1 aromatic rings. The molecule has 1 aromatic carbocycles. The molecule has 80 valence electrons. The Balaban J connectivity index is 2.19. The second-order valence-electron chi connectivity index (χ2n) is 4.11. The van der Waals surface area contributed by atoms with Crippen LogP contribution in [0.1, 0.15) is 24.8 Å². The molecule has 3 N–H and O–H groups in total. The van der Waals surface area contributed by atoms with Gasteiger partial charge in [-0.15, -0.1) is 0 Å². The fourth-order valence-corrected chi connectivity index (χ4v) is 2.01. The van der Waals surface area contributed by atoms with Crippen LogP contribution in [0.4, 0.5) is 5.69 Å². The van der Waals surface area contributed by atoms with Crippen molar-refractivity contribution in [1.29, 1.82) is 0 Å². The van der Waals surface area contributed by atoms with E-state index in [9.17, 15) is 4.79 Å². The van der Waals surface area contributed by atoms with Gasteiger partial charge in [-0.2, -0.15) is 0 Å². The average Bonchev–Trinajstić information content (AvgIpc) is 2.97. The van der Waals surface area contributed by atoms with Gasteiger partial charge < -0.3 is 11.1 Å². The summed E-state index contributed by atoms with van der Waals surface area (Å²) in [7, 11) is 0. The van der Waals surface area contributed by atoms with Gasteiger partial charge in [0.1, 0.15) is 0 Å². The van der Waals surface area contributed by atoms with Gasteiger partial charge in [-0.3, -0.25) is 4.79 Å². The van der Waals surface area contributed by atoms with E-state index < -0.39 is 0 Å². The van der Waals surface area contributed by atoms with Crippen molar-refractivity contribution in [1.82, 2.24) is 0 Å². The molecule has 0 spiro atoms. The molecule has 1 saturated carbocycles. The number of para-hydroxylation sites is 1. The summed E-state index contributed by atoms with van der Waals surface area (Å²) in [6.45, 7) is 2.27. The smallest absolute Gasteiger partial charge is 0.221 e. The predicted octanol–water partition coefficient (Wildman–Crippen LogP) is 1.71. The van der Waals surface area contributed by atoms with E-state index in [1.807, 2.05) is 18.2 Å². The molecule has 3 nitrogen and oxygen atoms in total. The van der Waals surface area contributed by atoms with Gasteiger partial charge in [0, 0.05) is 12.6 Å². The monoisotopic (exact) mass is 204 g/mol. The first-order chi connectivity index (χ1) is 7.22. The van der Waals surface area contributed by atoms with E-state index >= 15 is 0 Å². The Morgan fingerprint density at radius 3 is 2.87 bits per heavy atom. The second-order valence-corrected chi connectivity index (χ2v) is 4.11. The number of carbonyl (C=O) groups is 1. The van der Waals surface area contributed by atoms with Gasteiger partial charge in [0.05, 0.1) is 0 Å². The predicted molar refractivity (Wildman–Crippen MR) is 60.6 cm³/mol. The molecule has 0 unspecified atom stereocenters. The molecule has 3 heteroatoms. The lowest BCUT2D eigenvalue weighted by molar-refractivity contribution is -0.114. The van der Waals surface area contributed by atoms with E-state index in [0.29, 0.717) is 11.8 Å². The second kappa shape index (κ2) is 4.03. The molecule has 0 saturated heterocycles. The van der Waals surface area contributed by atoms with Gasteiger partial charge in [-0.05, 0) is 36.4 Å². The number of rotatable bonds is 3. The number of amides is 1. The van der Waals surface area contributed by atoms with E-state index in [0.717, 1.165) is 18.7 Å². The van der Waals surface area contributed by atoms with Gasteiger partial charge in [0.25, 0.3) is 0 Å². The third-order valence-electron chi connectivity index (χ3n) is 2.90. The Kier molecular flexibility index (Phi) is 2.73. The van der Waals surface area contributed by atoms with E-state index in [4.69, 9.17) is 5.73 Å². The fraction of sp³-hybridized carbons (Fsp3) is 0.417. The fourth-order valence-electron chi connectivity index (χ4n) is 2.01. The molecule has 2 rings (SSSR count). The van der Waals surface area contributed by atoms with Crippen LogP contribution in [-0.4, -0.2) is 12.5 Å². The van der Waals surface area contributed by atoms with Crippen molar-refractivity contribution in [3.63, 3.8) is 0 Å². The van der Waals surface area contributed by atoms with E-state index in [1.54, 1.807) is 0 Å². The van der Waals surface area contributed by atoms with Gasteiger partial charge in [-0.1, -0.05) is 18.2 Å². The molecule has 1 fully saturated rings. The summed E-state index contributed by atoms with van der Waals surface area (Å²) in [5.74, 6) is 1.12. The van der Waals surface area contributed by atoms with Gasteiger partial charge >= 0.3 is 0 Å². The molecule has 1 aliphatic carbocycles. The van der Waals surface area contributed by atoms with Crippen molar-refractivity contribution in [2.45, 2.75) is 19.3 Å². The maximum Gasteiger partial charge on any atom is 0.221 e. The molecule has 1 aliphatic rings. The molecule has 0 heterocycles. The minimum Gasteiger partial charge on any atom is -0.330 e. The summed E-state index contributed by atoms with van der Waals surface area (Å²) in [6, 6.07) is 7.97. The average molecular weight is 204 g/mol. The minimum absolute atomic E-state index is 0.0209. The summed E-state index contributed by atoms with van der Waals surface area (Å²) in [4.78, 5) is 11.0. The van der Waals surface area contributed by atoms with Crippen LogP contribution in [0.25, 0.3) is 0 Å². The summed E-state index contributed by atoms with van der Waals surface area (Å²) in [6.07, 6.45) is 1.15. The van der Waals surface area contributed by atoms with Crippen LogP contribution < -0.4 is 11.1 Å². The number of carbonyl (C=O) groups excluding carboxylic acids is 1. The highest BCUT2D eigenvalue weighted by molar-refractivity contribution is 5.89. The van der Waals surface area contributed by atoms with Crippen molar-refractivity contribution in [3.05, 3.63) is 29.8 Å². The summed E-state index contributed by atoms with van der Waals surface area (Å²) in [5, 5.41) is 2.86. The van der Waals surface area contributed by atoms with Crippen molar-refractivity contribution >= 4 is 11.6 Å². The Morgan fingerprint density at radius 1 is 1.53 bits per heavy atom. The number of hydrogen-bond acceptors (Lipinski definition) is 2. The molecule has 15 heavy (non-hydrogen) atoms. The summed E-state index contributed by atoms with van der Waals surface area (Å²) < 4.78 is 0. The minimum atomic E-state index is -0.0209. The lowest BCUT2D eigenvalue weighted by Crippen LogP contribution is -2.08. The molecule has 2 atom stereocenters. The van der Waals surface area contributed by atoms with Crippen LogP contribution in [0.15, 0.2) is 24.3 Å². The van der Waals surface area contributed by atoms with Crippen LogP contribution in [0.5, 0.6) is 0 Å². The van der Waals surface area contributed by atoms with E-state index in [-0.39, 0.29) is 5.91 Å². The van der Waals surface area contributed by atoms with Crippen molar-refractivity contribution < 1.29 is 4.79 Å². The zero-order chi connectivity index (χ0) is 10.8. The number of hydrogen-bond donors (Lipinski definition) is 2. The molecule has 0 radical (unpaired) electrons. The third kappa shape index (κ3) is 2.18. The highest BCUT2D eigenvalue weighted by Gasteiger charge is 2.38.